The molecule has 1 atom stereocenters. The van der Waals surface area contributed by atoms with Crippen molar-refractivity contribution in [3.63, 3.8) is 0 Å². The van der Waals surface area contributed by atoms with Crippen molar-refractivity contribution in [3.8, 4) is 5.69 Å². The van der Waals surface area contributed by atoms with Gasteiger partial charge in [0.1, 0.15) is 0 Å². The zero-order chi connectivity index (χ0) is 22.3. The maximum Gasteiger partial charge on any atom is 0.434 e. The number of likely N-dealkylation sites (N-methyl/N-ethyl adjacent to an activating group) is 1. The summed E-state index contributed by atoms with van der Waals surface area (Å²) in [5, 5.41) is 3.62. The molecule has 2 aromatic rings. The molecule has 0 aliphatic carbocycles. The lowest BCUT2D eigenvalue weighted by Crippen LogP contribution is -2.47. The van der Waals surface area contributed by atoms with Crippen LogP contribution in [0.2, 0.25) is 0 Å². The molecule has 0 bridgehead atoms. The molecular formula is C19H20F6N4O. The molecule has 1 saturated heterocycles. The molecule has 1 aromatic carbocycles. The number of aromatic nitrogens is 2. The van der Waals surface area contributed by atoms with Crippen molar-refractivity contribution < 1.29 is 31.1 Å². The monoisotopic (exact) mass is 434 g/mol. The third-order valence-electron chi connectivity index (χ3n) is 5.10. The minimum atomic E-state index is -4.99. The molecule has 1 unspecified atom stereocenters. The standard InChI is InChI=1S/C19H20F6N4O/c1-27(2)14-7-4-8-28(11-14)17(30)15-10-26-29(16(15)19(23,24)25)13-6-3-5-12(9-13)18(20,21)22/h3,5-6,9-10,14H,4,7-8,11H2,1-2H3. The lowest BCUT2D eigenvalue weighted by atomic mass is 10.0. The summed E-state index contributed by atoms with van der Waals surface area (Å²) in [4.78, 5) is 16.1. The summed E-state index contributed by atoms with van der Waals surface area (Å²) in [5.74, 6) is -0.841. The van der Waals surface area contributed by atoms with E-state index >= 15 is 0 Å². The molecule has 0 N–H and O–H groups in total. The van der Waals surface area contributed by atoms with Crippen LogP contribution in [0, 0.1) is 0 Å². The summed E-state index contributed by atoms with van der Waals surface area (Å²) < 4.78 is 80.8. The normalized spacial score (nSPS) is 18.2. The molecule has 30 heavy (non-hydrogen) atoms. The molecule has 1 amide bonds. The second-order valence-electron chi connectivity index (χ2n) is 7.38. The smallest absolute Gasteiger partial charge is 0.337 e. The largest absolute Gasteiger partial charge is 0.434 e. The molecule has 0 spiro atoms. The van der Waals surface area contributed by atoms with Gasteiger partial charge >= 0.3 is 12.4 Å². The summed E-state index contributed by atoms with van der Waals surface area (Å²) >= 11 is 0. The number of hydrogen-bond donors (Lipinski definition) is 0. The predicted octanol–water partition coefficient (Wildman–Crippen LogP) is 4.08. The molecule has 0 saturated carbocycles. The third-order valence-corrected chi connectivity index (χ3v) is 5.10. The SMILES string of the molecule is CN(C)C1CCCN(C(=O)c2cnn(-c3cccc(C(F)(F)F)c3)c2C(F)(F)F)C1. The summed E-state index contributed by atoms with van der Waals surface area (Å²) in [6.45, 7) is 0.563. The van der Waals surface area contributed by atoms with Gasteiger partial charge in [0, 0.05) is 19.1 Å². The Hall–Kier alpha value is -2.56. The fraction of sp³-hybridized carbons (Fsp3) is 0.474. The lowest BCUT2D eigenvalue weighted by molar-refractivity contribution is -0.143. The first-order chi connectivity index (χ1) is 13.9. The zero-order valence-corrected chi connectivity index (χ0v) is 16.3. The van der Waals surface area contributed by atoms with Crippen LogP contribution in [0.15, 0.2) is 30.5 Å². The van der Waals surface area contributed by atoms with Gasteiger partial charge in [-0.05, 0) is 45.1 Å². The van der Waals surface area contributed by atoms with Crippen LogP contribution in [0.4, 0.5) is 26.3 Å². The summed E-state index contributed by atoms with van der Waals surface area (Å²) in [6.07, 6.45) is -7.50. The average Bonchev–Trinajstić information content (AvgIpc) is 3.12. The Bertz CT molecular complexity index is 918. The number of amides is 1. The van der Waals surface area contributed by atoms with E-state index in [1.54, 1.807) is 0 Å². The first-order valence-electron chi connectivity index (χ1n) is 9.18. The first-order valence-corrected chi connectivity index (χ1v) is 9.18. The molecule has 1 aliphatic rings. The molecule has 1 aliphatic heterocycles. The van der Waals surface area contributed by atoms with Gasteiger partial charge in [0.2, 0.25) is 0 Å². The van der Waals surface area contributed by atoms with Gasteiger partial charge in [-0.2, -0.15) is 31.4 Å². The fourth-order valence-corrected chi connectivity index (χ4v) is 3.52. The van der Waals surface area contributed by atoms with Crippen LogP contribution in [0.3, 0.4) is 0 Å². The van der Waals surface area contributed by atoms with Crippen LogP contribution in [0.25, 0.3) is 5.69 Å². The Morgan fingerprint density at radius 3 is 2.43 bits per heavy atom. The Labute approximate surface area is 168 Å². The van der Waals surface area contributed by atoms with Gasteiger partial charge in [-0.15, -0.1) is 0 Å². The molecule has 0 radical (unpaired) electrons. The van der Waals surface area contributed by atoms with Crippen molar-refractivity contribution in [1.29, 1.82) is 0 Å². The van der Waals surface area contributed by atoms with Crippen LogP contribution in [0.5, 0.6) is 0 Å². The van der Waals surface area contributed by atoms with Gasteiger partial charge in [-0.1, -0.05) is 6.07 Å². The van der Waals surface area contributed by atoms with E-state index in [4.69, 9.17) is 0 Å². The number of alkyl halides is 6. The maximum atomic E-state index is 13.8. The Morgan fingerprint density at radius 2 is 1.83 bits per heavy atom. The molecule has 3 rings (SSSR count). The number of carbonyl (C=O) groups excluding carboxylic acids is 1. The van der Waals surface area contributed by atoms with E-state index < -0.39 is 40.8 Å². The minimum absolute atomic E-state index is 0.00977. The van der Waals surface area contributed by atoms with Crippen LogP contribution in [-0.4, -0.2) is 58.7 Å². The van der Waals surface area contributed by atoms with E-state index in [-0.39, 0.29) is 12.6 Å². The van der Waals surface area contributed by atoms with E-state index in [0.717, 1.165) is 30.8 Å². The van der Waals surface area contributed by atoms with E-state index in [1.807, 2.05) is 19.0 Å². The van der Waals surface area contributed by atoms with E-state index in [2.05, 4.69) is 5.10 Å². The predicted molar refractivity (Wildman–Crippen MR) is 96.2 cm³/mol. The molecule has 1 fully saturated rings. The van der Waals surface area contributed by atoms with Gasteiger partial charge in [0.15, 0.2) is 5.69 Å². The van der Waals surface area contributed by atoms with Crippen LogP contribution in [-0.2, 0) is 12.4 Å². The Morgan fingerprint density at radius 1 is 1.13 bits per heavy atom. The number of benzene rings is 1. The van der Waals surface area contributed by atoms with Crippen LogP contribution >= 0.6 is 0 Å². The highest BCUT2D eigenvalue weighted by Crippen LogP contribution is 2.36. The molecule has 11 heteroatoms. The highest BCUT2D eigenvalue weighted by atomic mass is 19.4. The van der Waals surface area contributed by atoms with Gasteiger partial charge in [-0.25, -0.2) is 4.68 Å². The van der Waals surface area contributed by atoms with Crippen LogP contribution in [0.1, 0.15) is 34.5 Å². The summed E-state index contributed by atoms with van der Waals surface area (Å²) in [5.41, 5.74) is -3.61. The number of piperidine rings is 1. The second kappa shape index (κ2) is 7.93. The average molecular weight is 434 g/mol. The number of rotatable bonds is 3. The highest BCUT2D eigenvalue weighted by molar-refractivity contribution is 5.95. The zero-order valence-electron chi connectivity index (χ0n) is 16.3. The van der Waals surface area contributed by atoms with Gasteiger partial charge in [-0.3, -0.25) is 4.79 Å². The van der Waals surface area contributed by atoms with Gasteiger partial charge in [0.25, 0.3) is 5.91 Å². The summed E-state index contributed by atoms with van der Waals surface area (Å²) in [6, 6.07) is 3.40. The second-order valence-corrected chi connectivity index (χ2v) is 7.38. The van der Waals surface area contributed by atoms with Crippen molar-refractivity contribution in [3.05, 3.63) is 47.3 Å². The quantitative estimate of drug-likeness (QED) is 0.684. The number of carbonyl (C=O) groups is 1. The molecule has 1 aromatic heterocycles. The summed E-state index contributed by atoms with van der Waals surface area (Å²) in [7, 11) is 3.65. The van der Waals surface area contributed by atoms with Gasteiger partial charge in [0.05, 0.1) is 23.0 Å². The van der Waals surface area contributed by atoms with Crippen molar-refractivity contribution in [2.45, 2.75) is 31.2 Å². The Balaban J connectivity index is 2.02. The van der Waals surface area contributed by atoms with Crippen molar-refractivity contribution >= 4 is 5.91 Å². The number of hydrogen-bond acceptors (Lipinski definition) is 3. The fourth-order valence-electron chi connectivity index (χ4n) is 3.52. The van der Waals surface area contributed by atoms with Crippen molar-refractivity contribution in [2.75, 3.05) is 27.2 Å². The van der Waals surface area contributed by atoms with Crippen LogP contribution < -0.4 is 0 Å². The topological polar surface area (TPSA) is 41.4 Å². The first kappa shape index (κ1) is 22.1. The molecule has 164 valence electrons. The number of nitrogens with zero attached hydrogens (tertiary/aromatic N) is 4. The molecule has 5 nitrogen and oxygen atoms in total. The number of halogens is 6. The highest BCUT2D eigenvalue weighted by Gasteiger charge is 2.42. The van der Waals surface area contributed by atoms with E-state index in [0.29, 0.717) is 23.7 Å². The van der Waals surface area contributed by atoms with E-state index in [1.165, 1.54) is 4.90 Å². The molecule has 2 heterocycles. The number of likely N-dealkylation sites (tertiary alicyclic amines) is 1. The lowest BCUT2D eigenvalue weighted by Gasteiger charge is -2.36. The van der Waals surface area contributed by atoms with Crippen molar-refractivity contribution in [2.24, 2.45) is 0 Å². The van der Waals surface area contributed by atoms with Crippen molar-refractivity contribution in [1.82, 2.24) is 19.6 Å². The Kier molecular flexibility index (Phi) is 5.85. The van der Waals surface area contributed by atoms with Gasteiger partial charge < -0.3 is 9.80 Å². The van der Waals surface area contributed by atoms with E-state index in [9.17, 15) is 31.1 Å². The maximum absolute atomic E-state index is 13.8. The third kappa shape index (κ3) is 4.45. The molecular weight excluding hydrogens is 414 g/mol. The minimum Gasteiger partial charge on any atom is -0.337 e.